The molecule has 1 N–H and O–H groups in total. The van der Waals surface area contributed by atoms with Crippen molar-refractivity contribution >= 4 is 29.2 Å². The Balaban J connectivity index is 1.50. The van der Waals surface area contributed by atoms with Crippen LogP contribution in [0.1, 0.15) is 36.3 Å². The Morgan fingerprint density at radius 1 is 0.952 bits per heavy atom. The summed E-state index contributed by atoms with van der Waals surface area (Å²) in [7, 11) is 3.20. The van der Waals surface area contributed by atoms with Gasteiger partial charge in [0.2, 0.25) is 5.91 Å². The first-order valence-electron chi connectivity index (χ1n) is 14.4. The lowest BCUT2D eigenvalue weighted by atomic mass is 10.1. The number of rotatable bonds is 13. The van der Waals surface area contributed by atoms with Gasteiger partial charge < -0.3 is 33.9 Å². The molecule has 9 nitrogen and oxygen atoms in total. The van der Waals surface area contributed by atoms with Crippen LogP contribution in [-0.4, -0.2) is 80.1 Å². The van der Waals surface area contributed by atoms with E-state index in [4.69, 9.17) is 25.5 Å². The molecule has 1 aliphatic rings. The number of hydrogen-bond donors (Lipinski definition) is 1. The Morgan fingerprint density at radius 2 is 1.74 bits per heavy atom. The molecule has 2 heterocycles. The van der Waals surface area contributed by atoms with E-state index in [1.807, 2.05) is 37.3 Å². The Morgan fingerprint density at radius 3 is 2.43 bits per heavy atom. The van der Waals surface area contributed by atoms with Gasteiger partial charge in [0.15, 0.2) is 11.5 Å². The number of halogens is 1. The molecule has 1 aromatic heterocycles. The molecule has 1 fully saturated rings. The highest BCUT2D eigenvalue weighted by Gasteiger charge is 2.24. The predicted octanol–water partition coefficient (Wildman–Crippen LogP) is 5.85. The SMILES string of the molecule is COc1ccc(CCN(Cc2ccc(C)o2)C(=O)CN(CCN2CCCCC2)C(=O)Nc2cccc(Cl)c2)cc1OC. The maximum atomic E-state index is 13.9. The first-order valence-corrected chi connectivity index (χ1v) is 14.8. The molecule has 3 aromatic rings. The fourth-order valence-electron chi connectivity index (χ4n) is 5.08. The second-order valence-corrected chi connectivity index (χ2v) is 11.0. The summed E-state index contributed by atoms with van der Waals surface area (Å²) in [6.45, 7) is 5.70. The normalized spacial score (nSPS) is 13.4. The molecule has 0 aliphatic carbocycles. The average molecular weight is 597 g/mol. The maximum Gasteiger partial charge on any atom is 0.322 e. The number of nitrogens with one attached hydrogen (secondary N) is 1. The second kappa shape index (κ2) is 15.5. The molecule has 3 amide bonds. The van der Waals surface area contributed by atoms with Crippen LogP contribution in [0.4, 0.5) is 10.5 Å². The van der Waals surface area contributed by atoms with E-state index in [1.165, 1.54) is 6.42 Å². The first kappa shape index (κ1) is 31.3. The number of carbonyl (C=O) groups is 2. The smallest absolute Gasteiger partial charge is 0.322 e. The number of anilines is 1. The van der Waals surface area contributed by atoms with E-state index in [0.29, 0.717) is 60.6 Å². The number of nitrogens with zero attached hydrogens (tertiary/aromatic N) is 3. The second-order valence-electron chi connectivity index (χ2n) is 10.5. The summed E-state index contributed by atoms with van der Waals surface area (Å²) in [5, 5.41) is 3.44. The summed E-state index contributed by atoms with van der Waals surface area (Å²) in [6.07, 6.45) is 4.13. The van der Waals surface area contributed by atoms with Crippen molar-refractivity contribution in [3.05, 3.63) is 76.7 Å². The van der Waals surface area contributed by atoms with Crippen molar-refractivity contribution in [3.63, 3.8) is 0 Å². The molecule has 4 rings (SSSR count). The summed E-state index contributed by atoms with van der Waals surface area (Å²) in [6, 6.07) is 16.2. The molecule has 0 spiro atoms. The van der Waals surface area contributed by atoms with Gasteiger partial charge >= 0.3 is 6.03 Å². The van der Waals surface area contributed by atoms with Crippen molar-refractivity contribution in [1.82, 2.24) is 14.7 Å². The fourth-order valence-corrected chi connectivity index (χ4v) is 5.27. The lowest BCUT2D eigenvalue weighted by Gasteiger charge is -2.31. The summed E-state index contributed by atoms with van der Waals surface area (Å²) in [5.41, 5.74) is 1.58. The van der Waals surface area contributed by atoms with E-state index >= 15 is 0 Å². The van der Waals surface area contributed by atoms with E-state index in [9.17, 15) is 9.59 Å². The van der Waals surface area contributed by atoms with E-state index in [1.54, 1.807) is 48.3 Å². The number of methoxy groups -OCH3 is 2. The zero-order chi connectivity index (χ0) is 29.9. The Hall–Kier alpha value is -3.69. The number of likely N-dealkylation sites (tertiary alicyclic amines) is 1. The zero-order valence-electron chi connectivity index (χ0n) is 24.7. The molecule has 0 bridgehead atoms. The van der Waals surface area contributed by atoms with Crippen LogP contribution < -0.4 is 14.8 Å². The third-order valence-corrected chi connectivity index (χ3v) is 7.67. The minimum Gasteiger partial charge on any atom is -0.493 e. The standard InChI is InChI=1S/C32H41ClN4O5/c1-24-10-12-28(42-24)22-36(17-14-25-11-13-29(40-2)30(20-25)41-3)31(38)23-37(19-18-35-15-5-4-6-16-35)32(39)34-27-9-7-8-26(33)21-27/h7-13,20-21H,4-6,14-19,22-23H2,1-3H3,(H,34,39). The number of benzene rings is 2. The van der Waals surface area contributed by atoms with Gasteiger partial charge in [0, 0.05) is 30.3 Å². The molecule has 42 heavy (non-hydrogen) atoms. The number of piperidine rings is 1. The third kappa shape index (κ3) is 9.16. The Labute approximate surface area is 253 Å². The number of ether oxygens (including phenoxy) is 2. The highest BCUT2D eigenvalue weighted by atomic mass is 35.5. The van der Waals surface area contributed by atoms with Crippen molar-refractivity contribution in [2.75, 3.05) is 58.8 Å². The van der Waals surface area contributed by atoms with Crippen LogP contribution in [0.2, 0.25) is 5.02 Å². The van der Waals surface area contributed by atoms with Gasteiger partial charge in [0.25, 0.3) is 0 Å². The number of hydrogen-bond acceptors (Lipinski definition) is 6. The van der Waals surface area contributed by atoms with E-state index in [0.717, 1.165) is 37.3 Å². The minimum atomic E-state index is -0.337. The molecule has 0 atom stereocenters. The predicted molar refractivity (Wildman–Crippen MR) is 164 cm³/mol. The largest absolute Gasteiger partial charge is 0.493 e. The number of urea groups is 1. The van der Waals surface area contributed by atoms with Gasteiger partial charge in [-0.1, -0.05) is 30.2 Å². The van der Waals surface area contributed by atoms with E-state index < -0.39 is 0 Å². The molecule has 1 saturated heterocycles. The van der Waals surface area contributed by atoms with Crippen LogP contribution >= 0.6 is 11.6 Å². The number of aryl methyl sites for hydroxylation is 1. The van der Waals surface area contributed by atoms with Crippen molar-refractivity contribution in [1.29, 1.82) is 0 Å². The Bertz CT molecular complexity index is 1320. The van der Waals surface area contributed by atoms with Gasteiger partial charge in [-0.2, -0.15) is 0 Å². The highest BCUT2D eigenvalue weighted by Crippen LogP contribution is 2.28. The molecule has 0 saturated carbocycles. The fraction of sp³-hybridized carbons (Fsp3) is 0.438. The van der Waals surface area contributed by atoms with Crippen molar-refractivity contribution in [2.24, 2.45) is 0 Å². The third-order valence-electron chi connectivity index (χ3n) is 7.44. The van der Waals surface area contributed by atoms with Crippen molar-refractivity contribution < 1.29 is 23.5 Å². The lowest BCUT2D eigenvalue weighted by Crippen LogP contribution is -2.47. The lowest BCUT2D eigenvalue weighted by molar-refractivity contribution is -0.132. The van der Waals surface area contributed by atoms with Gasteiger partial charge in [-0.3, -0.25) is 4.79 Å². The van der Waals surface area contributed by atoms with Gasteiger partial charge in [0.1, 0.15) is 18.1 Å². The van der Waals surface area contributed by atoms with Crippen LogP contribution in [0.15, 0.2) is 59.0 Å². The van der Waals surface area contributed by atoms with Crippen LogP contribution in [0.5, 0.6) is 11.5 Å². The Kier molecular flexibility index (Phi) is 11.5. The number of furan rings is 1. The number of amides is 3. The van der Waals surface area contributed by atoms with Gasteiger partial charge in [-0.25, -0.2) is 4.79 Å². The quantitative estimate of drug-likeness (QED) is 0.266. The molecule has 226 valence electrons. The van der Waals surface area contributed by atoms with Crippen LogP contribution in [-0.2, 0) is 17.8 Å². The molecular formula is C32H41ClN4O5. The van der Waals surface area contributed by atoms with Crippen LogP contribution in [0.3, 0.4) is 0 Å². The summed E-state index contributed by atoms with van der Waals surface area (Å²) in [5.74, 6) is 2.59. The molecule has 2 aromatic carbocycles. The van der Waals surface area contributed by atoms with E-state index in [2.05, 4.69) is 10.2 Å². The topological polar surface area (TPSA) is 87.5 Å². The number of carbonyl (C=O) groups excluding carboxylic acids is 2. The van der Waals surface area contributed by atoms with E-state index in [-0.39, 0.29) is 18.5 Å². The van der Waals surface area contributed by atoms with Gasteiger partial charge in [-0.05, 0) is 87.3 Å². The first-order chi connectivity index (χ1) is 20.3. The molecule has 0 radical (unpaired) electrons. The molecule has 0 unspecified atom stereocenters. The van der Waals surface area contributed by atoms with Crippen LogP contribution in [0, 0.1) is 6.92 Å². The summed E-state index contributed by atoms with van der Waals surface area (Å²) >= 11 is 6.14. The minimum absolute atomic E-state index is 0.0636. The van der Waals surface area contributed by atoms with Crippen molar-refractivity contribution in [2.45, 2.75) is 39.2 Å². The molecule has 1 aliphatic heterocycles. The maximum absolute atomic E-state index is 13.9. The van der Waals surface area contributed by atoms with Gasteiger partial charge in [-0.15, -0.1) is 0 Å². The van der Waals surface area contributed by atoms with Crippen LogP contribution in [0.25, 0.3) is 0 Å². The average Bonchev–Trinajstić information content (AvgIpc) is 3.41. The zero-order valence-corrected chi connectivity index (χ0v) is 25.5. The summed E-state index contributed by atoms with van der Waals surface area (Å²) < 4.78 is 16.6. The summed E-state index contributed by atoms with van der Waals surface area (Å²) in [4.78, 5) is 33.0. The highest BCUT2D eigenvalue weighted by molar-refractivity contribution is 6.30. The molecule has 10 heteroatoms. The van der Waals surface area contributed by atoms with Gasteiger partial charge in [0.05, 0.1) is 20.8 Å². The van der Waals surface area contributed by atoms with Crippen molar-refractivity contribution in [3.8, 4) is 11.5 Å². The monoisotopic (exact) mass is 596 g/mol. The molecular weight excluding hydrogens is 556 g/mol.